The van der Waals surface area contributed by atoms with Crippen molar-refractivity contribution in [2.75, 3.05) is 5.73 Å². The van der Waals surface area contributed by atoms with Crippen molar-refractivity contribution >= 4 is 11.6 Å². The summed E-state index contributed by atoms with van der Waals surface area (Å²) < 4.78 is 5.39. The van der Waals surface area contributed by atoms with Crippen LogP contribution in [-0.2, 0) is 13.0 Å². The smallest absolute Gasteiger partial charge is 0.251 e. The first kappa shape index (κ1) is 12.2. The molecule has 1 aromatic heterocycles. The van der Waals surface area contributed by atoms with Gasteiger partial charge in [-0.1, -0.05) is 13.0 Å². The predicted molar refractivity (Wildman–Crippen MR) is 67.9 cm³/mol. The van der Waals surface area contributed by atoms with Crippen molar-refractivity contribution in [2.24, 2.45) is 0 Å². The van der Waals surface area contributed by atoms with Crippen molar-refractivity contribution in [1.29, 1.82) is 0 Å². The molecule has 1 heterocycles. The molecule has 18 heavy (non-hydrogen) atoms. The Balaban J connectivity index is 1.96. The summed E-state index contributed by atoms with van der Waals surface area (Å²) in [5.74, 6) is 1.12. The lowest BCUT2D eigenvalue weighted by molar-refractivity contribution is 0.0947. The standard InChI is InChI=1S/C13H15N3O2/c1-2-11-7-15-12(18-11)8-16-13(17)9-4-3-5-10(14)6-9/h3-7H,2,8,14H2,1H3,(H,16,17). The highest BCUT2D eigenvalue weighted by Gasteiger charge is 2.07. The van der Waals surface area contributed by atoms with E-state index in [9.17, 15) is 4.79 Å². The molecule has 0 saturated heterocycles. The molecule has 0 aliphatic rings. The van der Waals surface area contributed by atoms with Gasteiger partial charge >= 0.3 is 0 Å². The monoisotopic (exact) mass is 245 g/mol. The summed E-state index contributed by atoms with van der Waals surface area (Å²) in [6, 6.07) is 6.81. The van der Waals surface area contributed by atoms with E-state index in [0.717, 1.165) is 12.2 Å². The van der Waals surface area contributed by atoms with Gasteiger partial charge in [0.25, 0.3) is 5.91 Å². The van der Waals surface area contributed by atoms with Gasteiger partial charge in [0.2, 0.25) is 5.89 Å². The van der Waals surface area contributed by atoms with Crippen LogP contribution in [0.1, 0.15) is 28.9 Å². The normalized spacial score (nSPS) is 10.3. The molecule has 1 amide bonds. The number of amides is 1. The van der Waals surface area contributed by atoms with Crippen LogP contribution in [-0.4, -0.2) is 10.9 Å². The third-order valence-electron chi connectivity index (χ3n) is 2.50. The van der Waals surface area contributed by atoms with E-state index in [2.05, 4.69) is 10.3 Å². The second-order valence-corrected chi connectivity index (χ2v) is 3.88. The molecule has 0 aliphatic heterocycles. The average Bonchev–Trinajstić information content (AvgIpc) is 2.84. The molecule has 2 rings (SSSR count). The SMILES string of the molecule is CCc1cnc(CNC(=O)c2cccc(N)c2)o1. The third kappa shape index (κ3) is 2.88. The Kier molecular flexibility index (Phi) is 3.62. The van der Waals surface area contributed by atoms with Crippen LogP contribution in [0.4, 0.5) is 5.69 Å². The van der Waals surface area contributed by atoms with Gasteiger partial charge in [0.1, 0.15) is 5.76 Å². The molecule has 3 N–H and O–H groups in total. The predicted octanol–water partition coefficient (Wildman–Crippen LogP) is 1.75. The Morgan fingerprint density at radius 1 is 1.50 bits per heavy atom. The fourth-order valence-electron chi connectivity index (χ4n) is 1.53. The fourth-order valence-corrected chi connectivity index (χ4v) is 1.53. The summed E-state index contributed by atoms with van der Waals surface area (Å²) in [4.78, 5) is 15.9. The third-order valence-corrected chi connectivity index (χ3v) is 2.50. The number of nitrogen functional groups attached to an aromatic ring is 1. The zero-order valence-corrected chi connectivity index (χ0v) is 10.1. The molecule has 0 radical (unpaired) electrons. The van der Waals surface area contributed by atoms with Gasteiger partial charge in [0.05, 0.1) is 12.7 Å². The molecule has 2 aromatic rings. The lowest BCUT2D eigenvalue weighted by Crippen LogP contribution is -2.22. The van der Waals surface area contributed by atoms with E-state index in [0.29, 0.717) is 17.1 Å². The first-order valence-corrected chi connectivity index (χ1v) is 5.76. The summed E-state index contributed by atoms with van der Waals surface area (Å²) >= 11 is 0. The van der Waals surface area contributed by atoms with Gasteiger partial charge < -0.3 is 15.5 Å². The van der Waals surface area contributed by atoms with Crippen LogP contribution in [0.25, 0.3) is 0 Å². The number of hydrogen-bond donors (Lipinski definition) is 2. The van der Waals surface area contributed by atoms with E-state index in [-0.39, 0.29) is 12.5 Å². The molecule has 1 aromatic carbocycles. The van der Waals surface area contributed by atoms with Gasteiger partial charge in [0, 0.05) is 17.7 Å². The fraction of sp³-hybridized carbons (Fsp3) is 0.231. The zero-order valence-electron chi connectivity index (χ0n) is 10.1. The van der Waals surface area contributed by atoms with E-state index >= 15 is 0 Å². The maximum atomic E-state index is 11.8. The molecule has 0 fully saturated rings. The van der Waals surface area contributed by atoms with Gasteiger partial charge in [-0.3, -0.25) is 4.79 Å². The maximum absolute atomic E-state index is 11.8. The van der Waals surface area contributed by atoms with Gasteiger partial charge in [-0.05, 0) is 18.2 Å². The molecule has 0 aliphatic carbocycles. The van der Waals surface area contributed by atoms with Crippen molar-refractivity contribution in [3.8, 4) is 0 Å². The topological polar surface area (TPSA) is 81.2 Å². The Hall–Kier alpha value is -2.30. The maximum Gasteiger partial charge on any atom is 0.251 e. The lowest BCUT2D eigenvalue weighted by Gasteiger charge is -2.03. The van der Waals surface area contributed by atoms with Crippen molar-refractivity contribution in [3.63, 3.8) is 0 Å². The van der Waals surface area contributed by atoms with Crippen LogP contribution in [0.15, 0.2) is 34.9 Å². The number of nitrogens with zero attached hydrogens (tertiary/aromatic N) is 1. The highest BCUT2D eigenvalue weighted by molar-refractivity contribution is 5.94. The van der Waals surface area contributed by atoms with E-state index in [4.69, 9.17) is 10.2 Å². The number of oxazole rings is 1. The molecule has 0 bridgehead atoms. The van der Waals surface area contributed by atoms with E-state index in [1.807, 2.05) is 6.92 Å². The van der Waals surface area contributed by atoms with E-state index < -0.39 is 0 Å². The van der Waals surface area contributed by atoms with Crippen LogP contribution >= 0.6 is 0 Å². The van der Waals surface area contributed by atoms with Gasteiger partial charge in [0.15, 0.2) is 0 Å². The van der Waals surface area contributed by atoms with Crippen molar-refractivity contribution in [3.05, 3.63) is 47.7 Å². The second-order valence-electron chi connectivity index (χ2n) is 3.88. The molecule has 0 spiro atoms. The summed E-state index contributed by atoms with van der Waals surface area (Å²) in [6.45, 7) is 2.25. The molecule has 5 heteroatoms. The van der Waals surface area contributed by atoms with Crippen molar-refractivity contribution in [1.82, 2.24) is 10.3 Å². The molecular formula is C13H15N3O2. The Bertz CT molecular complexity index is 549. The summed E-state index contributed by atoms with van der Waals surface area (Å²) in [5.41, 5.74) is 6.70. The molecule has 94 valence electrons. The number of aryl methyl sites for hydroxylation is 1. The average molecular weight is 245 g/mol. The molecule has 0 saturated carbocycles. The van der Waals surface area contributed by atoms with Crippen molar-refractivity contribution in [2.45, 2.75) is 19.9 Å². The second kappa shape index (κ2) is 5.35. The number of nitrogens with two attached hydrogens (primary N) is 1. The highest BCUT2D eigenvalue weighted by atomic mass is 16.4. The molecule has 0 atom stereocenters. The van der Waals surface area contributed by atoms with Crippen molar-refractivity contribution < 1.29 is 9.21 Å². The Morgan fingerprint density at radius 3 is 3.00 bits per heavy atom. The molecular weight excluding hydrogens is 230 g/mol. The van der Waals surface area contributed by atoms with E-state index in [1.165, 1.54) is 0 Å². The van der Waals surface area contributed by atoms with Gasteiger partial charge in [-0.15, -0.1) is 0 Å². The summed E-state index contributed by atoms with van der Waals surface area (Å²) in [6.07, 6.45) is 2.46. The Labute approximate surface area is 105 Å². The first-order valence-electron chi connectivity index (χ1n) is 5.76. The number of carbonyl (C=O) groups excluding carboxylic acids is 1. The molecule has 5 nitrogen and oxygen atoms in total. The van der Waals surface area contributed by atoms with Crippen LogP contribution in [0.5, 0.6) is 0 Å². The first-order chi connectivity index (χ1) is 8.69. The lowest BCUT2D eigenvalue weighted by atomic mass is 10.2. The van der Waals surface area contributed by atoms with Gasteiger partial charge in [-0.25, -0.2) is 4.98 Å². The van der Waals surface area contributed by atoms with Crippen LogP contribution in [0, 0.1) is 0 Å². The number of rotatable bonds is 4. The van der Waals surface area contributed by atoms with Crippen LogP contribution < -0.4 is 11.1 Å². The number of hydrogen-bond acceptors (Lipinski definition) is 4. The largest absolute Gasteiger partial charge is 0.444 e. The summed E-state index contributed by atoms with van der Waals surface area (Å²) in [7, 11) is 0. The van der Waals surface area contributed by atoms with Crippen LogP contribution in [0.2, 0.25) is 0 Å². The number of benzene rings is 1. The van der Waals surface area contributed by atoms with Gasteiger partial charge in [-0.2, -0.15) is 0 Å². The number of nitrogens with one attached hydrogen (secondary N) is 1. The minimum atomic E-state index is -0.196. The highest BCUT2D eigenvalue weighted by Crippen LogP contribution is 2.07. The minimum Gasteiger partial charge on any atom is -0.444 e. The van der Waals surface area contributed by atoms with E-state index in [1.54, 1.807) is 30.5 Å². The number of anilines is 1. The summed E-state index contributed by atoms with van der Waals surface area (Å²) in [5, 5.41) is 2.73. The number of aromatic nitrogens is 1. The van der Waals surface area contributed by atoms with Crippen LogP contribution in [0.3, 0.4) is 0 Å². The number of carbonyl (C=O) groups is 1. The minimum absolute atomic E-state index is 0.196. The zero-order chi connectivity index (χ0) is 13.0. The molecule has 0 unspecified atom stereocenters. The quantitative estimate of drug-likeness (QED) is 0.804. The Morgan fingerprint density at radius 2 is 2.33 bits per heavy atom.